The van der Waals surface area contributed by atoms with Crippen LogP contribution in [0.5, 0.6) is 0 Å². The quantitative estimate of drug-likeness (QED) is 0.159. The summed E-state index contributed by atoms with van der Waals surface area (Å²) in [6, 6.07) is 8.73. The van der Waals surface area contributed by atoms with E-state index in [1.165, 1.54) is 6.92 Å². The Morgan fingerprint density at radius 2 is 1.77 bits per heavy atom. The molecule has 15 heteroatoms. The Labute approximate surface area is 355 Å². The summed E-state index contributed by atoms with van der Waals surface area (Å²) in [6.07, 6.45) is -4.67. The van der Waals surface area contributed by atoms with E-state index in [-0.39, 0.29) is 37.4 Å². The van der Waals surface area contributed by atoms with Gasteiger partial charge in [-0.25, -0.2) is 4.79 Å². The number of rotatable bonds is 7. The van der Waals surface area contributed by atoms with Gasteiger partial charge in [-0.05, 0) is 90.9 Å². The van der Waals surface area contributed by atoms with E-state index in [0.29, 0.717) is 17.9 Å². The number of benzene rings is 1. The van der Waals surface area contributed by atoms with Crippen molar-refractivity contribution >= 4 is 45.1 Å². The average Bonchev–Trinajstić information content (AvgIpc) is 3.91. The fraction of sp³-hybridized carbons (Fsp3) is 0.622. The average molecular weight is 850 g/mol. The minimum atomic E-state index is -1.45. The molecule has 13 atom stereocenters. The SMILES string of the molecule is CC[C@H]1OC(=O)[C@H](C)C(=O)[C@H](C)[C@@H](O[C@@H]2O[C@H](C)C[C@H](N(C)C)[C@H]2O)[C@@](C)(OCC#Cc2cc(-c3sc4ccccc4c3C)no2)C[C@@H](C)C(=O)[C@H](C)[C@H]2NC(=O)O[C@@]21C. The van der Waals surface area contributed by atoms with Crippen LogP contribution < -0.4 is 5.32 Å². The first-order valence-electron chi connectivity index (χ1n) is 20.8. The lowest BCUT2D eigenvalue weighted by Gasteiger charge is -2.47. The highest BCUT2D eigenvalue weighted by Crippen LogP contribution is 2.41. The molecule has 0 unspecified atom stereocenters. The number of carbonyl (C=O) groups excluding carboxylic acids is 4. The molecule has 0 spiro atoms. The third-order valence-electron chi connectivity index (χ3n) is 12.7. The fourth-order valence-corrected chi connectivity index (χ4v) is 10.5. The summed E-state index contributed by atoms with van der Waals surface area (Å²) in [6.45, 7) is 15.5. The number of aliphatic hydroxyl groups is 1. The van der Waals surface area contributed by atoms with E-state index in [1.807, 2.05) is 45.0 Å². The van der Waals surface area contributed by atoms with Crippen LogP contribution in [0.2, 0.25) is 0 Å². The Morgan fingerprint density at radius 1 is 1.05 bits per heavy atom. The molecule has 3 aliphatic heterocycles. The predicted octanol–water partition coefficient (Wildman–Crippen LogP) is 6.08. The first kappa shape index (κ1) is 45.4. The van der Waals surface area contributed by atoms with Crippen molar-refractivity contribution in [1.29, 1.82) is 0 Å². The second kappa shape index (κ2) is 18.0. The molecule has 3 saturated heterocycles. The van der Waals surface area contributed by atoms with Gasteiger partial charge in [0, 0.05) is 34.6 Å². The molecule has 1 aromatic carbocycles. The minimum absolute atomic E-state index is 0.0293. The van der Waals surface area contributed by atoms with Gasteiger partial charge in [-0.1, -0.05) is 57.0 Å². The van der Waals surface area contributed by atoms with Gasteiger partial charge in [0.25, 0.3) is 0 Å². The van der Waals surface area contributed by atoms with Gasteiger partial charge in [-0.3, -0.25) is 14.4 Å². The molecule has 3 aromatic rings. The van der Waals surface area contributed by atoms with Crippen LogP contribution in [0.15, 0.2) is 34.9 Å². The highest BCUT2D eigenvalue weighted by Gasteiger charge is 2.57. The number of fused-ring (bicyclic) bond motifs is 2. The normalized spacial score (nSPS) is 35.6. The molecule has 3 fully saturated rings. The van der Waals surface area contributed by atoms with Crippen molar-refractivity contribution in [2.24, 2.45) is 23.7 Å². The maximum Gasteiger partial charge on any atom is 0.408 e. The number of Topliss-reactive ketones (excluding diaryl/α,β-unsaturated/α-hetero) is 2. The molecule has 0 radical (unpaired) electrons. The number of hydrogen-bond acceptors (Lipinski definition) is 14. The summed E-state index contributed by atoms with van der Waals surface area (Å²) < 4.78 is 38.1. The number of esters is 1. The zero-order valence-corrected chi connectivity index (χ0v) is 37.2. The van der Waals surface area contributed by atoms with Crippen LogP contribution in [0.4, 0.5) is 4.79 Å². The van der Waals surface area contributed by atoms with E-state index in [2.05, 4.69) is 34.4 Å². The Kier molecular flexibility index (Phi) is 13.6. The predicted molar refractivity (Wildman–Crippen MR) is 224 cm³/mol. The largest absolute Gasteiger partial charge is 0.458 e. The number of ether oxygens (including phenoxy) is 5. The molecular weight excluding hydrogens is 791 g/mol. The molecule has 3 aliphatic rings. The second-order valence-electron chi connectivity index (χ2n) is 17.4. The highest BCUT2D eigenvalue weighted by molar-refractivity contribution is 7.22. The number of nitrogens with one attached hydrogen (secondary N) is 1. The molecule has 6 rings (SSSR count). The molecule has 2 aromatic heterocycles. The number of nitrogens with zero attached hydrogens (tertiary/aromatic N) is 2. The molecule has 14 nitrogen and oxygen atoms in total. The van der Waals surface area contributed by atoms with Gasteiger partial charge in [0.1, 0.15) is 36.2 Å². The van der Waals surface area contributed by atoms with E-state index < -0.39 is 83.4 Å². The van der Waals surface area contributed by atoms with Gasteiger partial charge >= 0.3 is 12.1 Å². The molecule has 0 aliphatic carbocycles. The molecule has 2 N–H and O–H groups in total. The summed E-state index contributed by atoms with van der Waals surface area (Å²) in [7, 11) is 3.72. The number of likely N-dealkylation sites (N-methyl/N-ethyl adjacent to an activating group) is 1. The first-order chi connectivity index (χ1) is 28.3. The number of aliphatic hydroxyl groups excluding tert-OH is 1. The summed E-state index contributed by atoms with van der Waals surface area (Å²) in [5, 5.41) is 19.8. The molecule has 326 valence electrons. The van der Waals surface area contributed by atoms with Crippen LogP contribution in [0.3, 0.4) is 0 Å². The molecule has 0 saturated carbocycles. The monoisotopic (exact) mass is 849 g/mol. The van der Waals surface area contributed by atoms with E-state index in [0.717, 1.165) is 20.5 Å². The van der Waals surface area contributed by atoms with Crippen molar-refractivity contribution in [3.63, 3.8) is 0 Å². The van der Waals surface area contributed by atoms with E-state index in [4.69, 9.17) is 28.2 Å². The van der Waals surface area contributed by atoms with Crippen molar-refractivity contribution in [3.05, 3.63) is 41.7 Å². The number of thiophene rings is 1. The minimum Gasteiger partial charge on any atom is -0.458 e. The topological polar surface area (TPSA) is 176 Å². The summed E-state index contributed by atoms with van der Waals surface area (Å²) >= 11 is 1.62. The first-order valence-corrected chi connectivity index (χ1v) is 21.6. The van der Waals surface area contributed by atoms with Crippen LogP contribution in [0, 0.1) is 42.4 Å². The van der Waals surface area contributed by atoms with Gasteiger partial charge in [0.15, 0.2) is 17.7 Å². The van der Waals surface area contributed by atoms with Crippen molar-refractivity contribution < 1.29 is 52.5 Å². The van der Waals surface area contributed by atoms with Gasteiger partial charge in [-0.15, -0.1) is 11.3 Å². The summed E-state index contributed by atoms with van der Waals surface area (Å²) in [4.78, 5) is 58.5. The van der Waals surface area contributed by atoms with Gasteiger partial charge < -0.3 is 43.5 Å². The highest BCUT2D eigenvalue weighted by atomic mass is 32.1. The summed E-state index contributed by atoms with van der Waals surface area (Å²) in [5.41, 5.74) is -1.09. The number of aryl methyl sites for hydroxylation is 1. The number of hydrogen-bond donors (Lipinski definition) is 2. The number of carbonyl (C=O) groups is 4. The fourth-order valence-electron chi connectivity index (χ4n) is 9.31. The lowest BCUT2D eigenvalue weighted by molar-refractivity contribution is -0.296. The number of aromatic nitrogens is 1. The van der Waals surface area contributed by atoms with Crippen LogP contribution in [-0.4, -0.2) is 113 Å². The van der Waals surface area contributed by atoms with Crippen LogP contribution in [0.25, 0.3) is 20.7 Å². The van der Waals surface area contributed by atoms with E-state index in [9.17, 15) is 24.3 Å². The second-order valence-corrected chi connectivity index (χ2v) is 18.5. The van der Waals surface area contributed by atoms with E-state index >= 15 is 0 Å². The molecular formula is C45H59N3O11S. The molecule has 5 heterocycles. The zero-order chi connectivity index (χ0) is 43.8. The number of alkyl carbamates (subject to hydrolysis) is 1. The number of amides is 1. The van der Waals surface area contributed by atoms with Crippen LogP contribution in [-0.2, 0) is 38.1 Å². The molecule has 0 bridgehead atoms. The zero-order valence-electron chi connectivity index (χ0n) is 36.4. The standard InChI is InChI=1S/C45H59N3O11S/c1-12-34-45(9)39(46-43(53)58-45)26(5)35(49)23(2)22-44(8,54-19-15-16-29-21-31(47-59-29)38-25(4)30-17-13-14-18-33(30)60-38)40(27(6)36(50)28(7)41(52)56-34)57-42-37(51)32(48(10)11)20-24(3)55-42/h13-14,17-18,21,23-24,26-28,32,34,37,39-40,42,51H,12,19-20,22H2,1-11H3,(H,46,53)/t23-,24-,26+,27+,28-,32+,34-,37-,39-,40-,42+,44+,45-/m1/s1. The third-order valence-corrected chi connectivity index (χ3v) is 14.0. The van der Waals surface area contributed by atoms with Gasteiger partial charge in [0.05, 0.1) is 28.7 Å². The van der Waals surface area contributed by atoms with Crippen molar-refractivity contribution in [2.75, 3.05) is 20.7 Å². The van der Waals surface area contributed by atoms with Crippen molar-refractivity contribution in [1.82, 2.24) is 15.4 Å². The smallest absolute Gasteiger partial charge is 0.408 e. The van der Waals surface area contributed by atoms with Gasteiger partial charge in [-0.2, -0.15) is 0 Å². The Balaban J connectivity index is 1.37. The third kappa shape index (κ3) is 8.91. The Morgan fingerprint density at radius 3 is 2.45 bits per heavy atom. The van der Waals surface area contributed by atoms with Crippen LogP contribution >= 0.6 is 11.3 Å². The van der Waals surface area contributed by atoms with Crippen molar-refractivity contribution in [2.45, 2.75) is 136 Å². The summed E-state index contributed by atoms with van der Waals surface area (Å²) in [5.74, 6) is 0.967. The Hall–Kier alpha value is -4.17. The van der Waals surface area contributed by atoms with Crippen LogP contribution in [0.1, 0.15) is 86.0 Å². The van der Waals surface area contributed by atoms with E-state index in [1.54, 1.807) is 58.9 Å². The molecule has 60 heavy (non-hydrogen) atoms. The maximum atomic E-state index is 14.5. The lowest BCUT2D eigenvalue weighted by Crippen LogP contribution is -2.60. The number of cyclic esters (lactones) is 1. The number of ketones is 2. The lowest BCUT2D eigenvalue weighted by atomic mass is 9.73. The van der Waals surface area contributed by atoms with Gasteiger partial charge in [0.2, 0.25) is 5.76 Å². The maximum absolute atomic E-state index is 14.5. The van der Waals surface area contributed by atoms with Crippen molar-refractivity contribution in [3.8, 4) is 22.4 Å². The Bertz CT molecular complexity index is 2140. The molecule has 1 amide bonds.